The summed E-state index contributed by atoms with van der Waals surface area (Å²) < 4.78 is 104. The Balaban J connectivity index is 2.33. The minimum absolute atomic E-state index is 0.000455. The molecule has 0 atom stereocenters. The van der Waals surface area contributed by atoms with Crippen LogP contribution in [0.3, 0.4) is 0 Å². The van der Waals surface area contributed by atoms with Crippen molar-refractivity contribution in [1.82, 2.24) is 4.98 Å². The first kappa shape index (κ1) is 24.9. The third-order valence-electron chi connectivity index (χ3n) is 3.94. The number of aliphatic hydroxyl groups is 1. The lowest BCUT2D eigenvalue weighted by atomic mass is 9.92. The van der Waals surface area contributed by atoms with E-state index in [9.17, 15) is 44.7 Å². The van der Waals surface area contributed by atoms with Gasteiger partial charge in [0, 0.05) is 17.7 Å². The first-order valence-corrected chi connectivity index (χ1v) is 10.6. The van der Waals surface area contributed by atoms with E-state index >= 15 is 0 Å². The molecular weight excluding hydrogens is 476 g/mol. The van der Waals surface area contributed by atoms with Crippen LogP contribution in [0.5, 0.6) is 0 Å². The standard InChI is InChI=1S/C16H15F6N3O4S2/c1-3-11(26)24-13-23-8(2)12(30-13)31(28,29)25-10-6-4-9(5-7-10)14(27,15(17,18)19)16(20,21)22/h4-7,25,27H,3H2,1-2H3,(H,23,24,26). The van der Waals surface area contributed by atoms with Gasteiger partial charge in [-0.3, -0.25) is 9.52 Å². The normalized spacial score (nSPS) is 13.2. The second-order valence-electron chi connectivity index (χ2n) is 6.18. The molecule has 0 aliphatic heterocycles. The van der Waals surface area contributed by atoms with Crippen LogP contribution >= 0.6 is 11.3 Å². The van der Waals surface area contributed by atoms with Crippen LogP contribution in [0.25, 0.3) is 0 Å². The highest BCUT2D eigenvalue weighted by Crippen LogP contribution is 2.50. The van der Waals surface area contributed by atoms with Crippen molar-refractivity contribution in [3.8, 4) is 0 Å². The average Bonchev–Trinajstić information content (AvgIpc) is 3.00. The number of hydrogen-bond donors (Lipinski definition) is 3. The number of carbonyl (C=O) groups excluding carboxylic acids is 1. The van der Waals surface area contributed by atoms with E-state index in [2.05, 4.69) is 10.3 Å². The fourth-order valence-electron chi connectivity index (χ4n) is 2.36. The number of aromatic nitrogens is 1. The molecule has 3 N–H and O–H groups in total. The number of nitrogens with one attached hydrogen (secondary N) is 2. The third kappa shape index (κ3) is 4.93. The van der Waals surface area contributed by atoms with E-state index in [4.69, 9.17) is 0 Å². The number of aryl methyl sites for hydroxylation is 1. The number of amides is 1. The molecule has 0 spiro atoms. The third-order valence-corrected chi connectivity index (χ3v) is 7.00. The van der Waals surface area contributed by atoms with Crippen molar-refractivity contribution in [2.45, 2.75) is 42.4 Å². The number of alkyl halides is 6. The summed E-state index contributed by atoms with van der Waals surface area (Å²) in [5, 5.41) is 11.7. The minimum atomic E-state index is -6.06. The van der Waals surface area contributed by atoms with Crippen LogP contribution in [0.1, 0.15) is 24.6 Å². The van der Waals surface area contributed by atoms with Crippen LogP contribution in [-0.2, 0) is 20.4 Å². The summed E-state index contributed by atoms with van der Waals surface area (Å²) in [7, 11) is -4.32. The quantitative estimate of drug-likeness (QED) is 0.531. The van der Waals surface area contributed by atoms with Gasteiger partial charge in [-0.15, -0.1) is 0 Å². The van der Waals surface area contributed by atoms with Crippen molar-refractivity contribution in [2.24, 2.45) is 0 Å². The number of carbonyl (C=O) groups is 1. The Hall–Kier alpha value is -2.39. The van der Waals surface area contributed by atoms with Gasteiger partial charge in [0.25, 0.3) is 15.6 Å². The average molecular weight is 491 g/mol. The molecule has 7 nitrogen and oxygen atoms in total. The molecule has 1 amide bonds. The van der Waals surface area contributed by atoms with Gasteiger partial charge < -0.3 is 10.4 Å². The predicted molar refractivity (Wildman–Crippen MR) is 99.0 cm³/mol. The van der Waals surface area contributed by atoms with Crippen LogP contribution in [0.2, 0.25) is 0 Å². The molecule has 0 aliphatic carbocycles. The van der Waals surface area contributed by atoms with Gasteiger partial charge in [0.2, 0.25) is 5.91 Å². The number of nitrogens with zero attached hydrogens (tertiary/aromatic N) is 1. The molecule has 15 heteroatoms. The molecule has 0 saturated carbocycles. The molecule has 172 valence electrons. The molecule has 2 rings (SSSR count). The van der Waals surface area contributed by atoms with Gasteiger partial charge in [0.1, 0.15) is 0 Å². The minimum Gasteiger partial charge on any atom is -0.369 e. The molecule has 0 bridgehead atoms. The lowest BCUT2D eigenvalue weighted by Gasteiger charge is -2.32. The van der Waals surface area contributed by atoms with Gasteiger partial charge >= 0.3 is 12.4 Å². The first-order valence-electron chi connectivity index (χ1n) is 8.29. The maximum Gasteiger partial charge on any atom is 0.430 e. The smallest absolute Gasteiger partial charge is 0.369 e. The highest BCUT2D eigenvalue weighted by Gasteiger charge is 2.71. The number of thiazole rings is 1. The summed E-state index contributed by atoms with van der Waals surface area (Å²) in [6.45, 7) is 2.90. The number of halogens is 6. The maximum atomic E-state index is 12.9. The largest absolute Gasteiger partial charge is 0.430 e. The lowest BCUT2D eigenvalue weighted by molar-refractivity contribution is -0.376. The monoisotopic (exact) mass is 491 g/mol. The number of anilines is 2. The van der Waals surface area contributed by atoms with Crippen molar-refractivity contribution in [2.75, 3.05) is 10.0 Å². The number of sulfonamides is 1. The fraction of sp³-hybridized carbons (Fsp3) is 0.375. The van der Waals surface area contributed by atoms with Crippen molar-refractivity contribution in [3.05, 3.63) is 35.5 Å². The molecule has 1 heterocycles. The molecule has 0 fully saturated rings. The van der Waals surface area contributed by atoms with Crippen molar-refractivity contribution in [3.63, 3.8) is 0 Å². The Labute approximate surface area is 176 Å². The van der Waals surface area contributed by atoms with Crippen molar-refractivity contribution >= 4 is 38.1 Å². The topological polar surface area (TPSA) is 108 Å². The highest BCUT2D eigenvalue weighted by molar-refractivity contribution is 7.94. The van der Waals surface area contributed by atoms with Crippen molar-refractivity contribution < 1.29 is 44.7 Å². The summed E-state index contributed by atoms with van der Waals surface area (Å²) in [4.78, 5) is 15.3. The van der Waals surface area contributed by atoms with Gasteiger partial charge in [0.15, 0.2) is 9.34 Å². The Morgan fingerprint density at radius 3 is 2.06 bits per heavy atom. The number of rotatable bonds is 6. The SMILES string of the molecule is CCC(=O)Nc1nc(C)c(S(=O)(=O)Nc2ccc(C(O)(C(F)(F)F)C(F)(F)F)cc2)s1. The van der Waals surface area contributed by atoms with E-state index in [1.807, 2.05) is 4.72 Å². The molecule has 1 aromatic carbocycles. The van der Waals surface area contributed by atoms with Crippen LogP contribution in [0.4, 0.5) is 37.2 Å². The maximum absolute atomic E-state index is 12.9. The second kappa shape index (κ2) is 8.27. The Kier molecular flexibility index (Phi) is 6.64. The zero-order valence-electron chi connectivity index (χ0n) is 15.7. The van der Waals surface area contributed by atoms with E-state index in [1.165, 1.54) is 6.92 Å². The van der Waals surface area contributed by atoms with Crippen LogP contribution in [0.15, 0.2) is 28.5 Å². The zero-order valence-corrected chi connectivity index (χ0v) is 17.4. The predicted octanol–water partition coefficient (Wildman–Crippen LogP) is 3.91. The van der Waals surface area contributed by atoms with Gasteiger partial charge in [-0.05, 0) is 19.1 Å². The molecule has 31 heavy (non-hydrogen) atoms. The van der Waals surface area contributed by atoms with E-state index in [-0.39, 0.29) is 27.1 Å². The van der Waals surface area contributed by atoms with Crippen molar-refractivity contribution in [1.29, 1.82) is 0 Å². The lowest BCUT2D eigenvalue weighted by Crippen LogP contribution is -2.53. The summed E-state index contributed by atoms with van der Waals surface area (Å²) in [5.74, 6) is -0.414. The summed E-state index contributed by atoms with van der Waals surface area (Å²) >= 11 is 0.612. The van der Waals surface area contributed by atoms with E-state index in [0.29, 0.717) is 35.6 Å². The summed E-state index contributed by atoms with van der Waals surface area (Å²) in [6, 6.07) is 1.91. The van der Waals surface area contributed by atoms with Crippen LogP contribution in [0, 0.1) is 6.92 Å². The molecule has 1 aromatic heterocycles. The van der Waals surface area contributed by atoms with Gasteiger partial charge in [-0.25, -0.2) is 13.4 Å². The zero-order chi connectivity index (χ0) is 23.8. The van der Waals surface area contributed by atoms with E-state index < -0.39 is 39.4 Å². The van der Waals surface area contributed by atoms with Gasteiger partial charge in [-0.2, -0.15) is 26.3 Å². The number of benzene rings is 1. The molecular formula is C16H15F6N3O4S2. The second-order valence-corrected chi connectivity index (χ2v) is 9.06. The highest BCUT2D eigenvalue weighted by atomic mass is 32.2. The Morgan fingerprint density at radius 1 is 1.10 bits per heavy atom. The van der Waals surface area contributed by atoms with Crippen LogP contribution in [-0.4, -0.2) is 36.8 Å². The van der Waals surface area contributed by atoms with E-state index in [0.717, 1.165) is 0 Å². The molecule has 0 radical (unpaired) electrons. The van der Waals surface area contributed by atoms with Crippen LogP contribution < -0.4 is 10.0 Å². The van der Waals surface area contributed by atoms with Gasteiger partial charge in [-0.1, -0.05) is 30.4 Å². The Bertz CT molecular complexity index is 1050. The molecule has 0 aliphatic rings. The summed E-state index contributed by atoms with van der Waals surface area (Å²) in [6.07, 6.45) is -12.0. The molecule has 0 unspecified atom stereocenters. The fourth-order valence-corrected chi connectivity index (χ4v) is 4.85. The number of hydrogen-bond acceptors (Lipinski definition) is 6. The first-order chi connectivity index (χ1) is 14.0. The van der Waals surface area contributed by atoms with Gasteiger partial charge in [0.05, 0.1) is 5.69 Å². The Morgan fingerprint density at radius 2 is 1.61 bits per heavy atom. The molecule has 0 saturated heterocycles. The molecule has 2 aromatic rings. The van der Waals surface area contributed by atoms with E-state index in [1.54, 1.807) is 6.92 Å². The summed E-state index contributed by atoms with van der Waals surface area (Å²) in [5.41, 5.74) is -7.00.